The van der Waals surface area contributed by atoms with Crippen LogP contribution in [0, 0.1) is 0 Å². The van der Waals surface area contributed by atoms with Crippen LogP contribution in [0.2, 0.25) is 0 Å². The van der Waals surface area contributed by atoms with Crippen LogP contribution in [0.3, 0.4) is 0 Å². The van der Waals surface area contributed by atoms with Gasteiger partial charge in [0.15, 0.2) is 0 Å². The maximum absolute atomic E-state index is 12.6. The van der Waals surface area contributed by atoms with Crippen molar-refractivity contribution in [3.05, 3.63) is 63.6 Å². The molecular weight excluding hydrogens is 415 g/mol. The fraction of sp³-hybridized carbons (Fsp3) is 0.222. The first-order valence-corrected chi connectivity index (χ1v) is 8.53. The summed E-state index contributed by atoms with van der Waals surface area (Å²) in [5, 5.41) is 0. The molecule has 1 aliphatic heterocycles. The number of benzene rings is 2. The Morgan fingerprint density at radius 3 is 2.15 bits per heavy atom. The van der Waals surface area contributed by atoms with E-state index < -0.39 is 11.7 Å². The van der Waals surface area contributed by atoms with Gasteiger partial charge in [-0.25, -0.2) is 0 Å². The summed E-state index contributed by atoms with van der Waals surface area (Å²) in [6.07, 6.45) is -4.06. The van der Waals surface area contributed by atoms with Gasteiger partial charge in [-0.2, -0.15) is 13.2 Å². The molecule has 0 fully saturated rings. The fourth-order valence-electron chi connectivity index (χ4n) is 2.64. The Bertz CT molecular complexity index is 832. The topological polar surface area (TPSA) is 46.6 Å². The van der Waals surface area contributed by atoms with Gasteiger partial charge >= 0.3 is 6.18 Å². The minimum atomic E-state index is -4.42. The molecule has 0 saturated carbocycles. The normalized spacial score (nSPS) is 13.9. The van der Waals surface area contributed by atoms with Gasteiger partial charge in [-0.05, 0) is 52.7 Å². The molecule has 1 aliphatic rings. The summed E-state index contributed by atoms with van der Waals surface area (Å²) >= 11 is 3.05. The maximum atomic E-state index is 12.6. The van der Waals surface area contributed by atoms with Crippen LogP contribution in [0.15, 0.2) is 46.9 Å². The average Bonchev–Trinajstić information content (AvgIpc) is 2.84. The van der Waals surface area contributed by atoms with Gasteiger partial charge < -0.3 is 4.74 Å². The number of carbonyl (C=O) groups is 2. The van der Waals surface area contributed by atoms with Gasteiger partial charge in [0.25, 0.3) is 11.8 Å². The molecule has 0 aliphatic carbocycles. The number of halogens is 4. The van der Waals surface area contributed by atoms with Gasteiger partial charge in [0.1, 0.15) is 5.75 Å². The number of hydrogen-bond acceptors (Lipinski definition) is 3. The number of nitrogens with zero attached hydrogens (tertiary/aromatic N) is 1. The van der Waals surface area contributed by atoms with Gasteiger partial charge in [0.2, 0.25) is 0 Å². The van der Waals surface area contributed by atoms with Crippen LogP contribution in [0.5, 0.6) is 5.75 Å². The third-order valence-corrected chi connectivity index (χ3v) is 4.54. The summed E-state index contributed by atoms with van der Waals surface area (Å²) in [7, 11) is 0. The van der Waals surface area contributed by atoms with E-state index in [1.807, 2.05) is 0 Å². The third kappa shape index (κ3) is 3.60. The van der Waals surface area contributed by atoms with Crippen LogP contribution in [0.4, 0.5) is 13.2 Å². The Hall–Kier alpha value is -2.35. The van der Waals surface area contributed by atoms with Crippen LogP contribution in [0.1, 0.15) is 32.7 Å². The van der Waals surface area contributed by atoms with Crippen molar-refractivity contribution in [1.82, 2.24) is 4.90 Å². The van der Waals surface area contributed by atoms with Crippen LogP contribution in [-0.2, 0) is 6.18 Å². The number of rotatable bonds is 5. The highest BCUT2D eigenvalue weighted by Crippen LogP contribution is 2.35. The number of imide groups is 1. The molecule has 0 bridgehead atoms. The molecular formula is C18H13BrF3NO3. The lowest BCUT2D eigenvalue weighted by Gasteiger charge is -2.15. The standard InChI is InChI=1S/C18H13BrF3NO3/c19-14-10-11(18(20,21)22)6-7-15(14)26-9-3-8-23-16(24)12-4-1-2-5-13(12)17(23)25/h1-2,4-7,10H,3,8-9H2. The number of amides is 2. The fourth-order valence-corrected chi connectivity index (χ4v) is 3.13. The SMILES string of the molecule is O=C1c2ccccc2C(=O)N1CCCOc1ccc(C(F)(F)F)cc1Br. The summed E-state index contributed by atoms with van der Waals surface area (Å²) in [4.78, 5) is 25.6. The lowest BCUT2D eigenvalue weighted by molar-refractivity contribution is -0.137. The molecule has 2 aromatic rings. The van der Waals surface area contributed by atoms with E-state index in [1.54, 1.807) is 24.3 Å². The van der Waals surface area contributed by atoms with Crippen molar-refractivity contribution >= 4 is 27.7 Å². The molecule has 0 unspecified atom stereocenters. The smallest absolute Gasteiger partial charge is 0.416 e. The van der Waals surface area contributed by atoms with Crippen LogP contribution >= 0.6 is 15.9 Å². The zero-order valence-corrected chi connectivity index (χ0v) is 14.9. The van der Waals surface area contributed by atoms with Crippen molar-refractivity contribution in [3.63, 3.8) is 0 Å². The van der Waals surface area contributed by atoms with E-state index in [-0.39, 0.29) is 35.2 Å². The van der Waals surface area contributed by atoms with Crippen molar-refractivity contribution in [3.8, 4) is 5.75 Å². The van der Waals surface area contributed by atoms with E-state index in [9.17, 15) is 22.8 Å². The molecule has 1 heterocycles. The molecule has 136 valence electrons. The second kappa shape index (κ2) is 7.11. The zero-order valence-electron chi connectivity index (χ0n) is 13.3. The average molecular weight is 428 g/mol. The minimum Gasteiger partial charge on any atom is -0.492 e. The van der Waals surface area contributed by atoms with Gasteiger partial charge in [-0.15, -0.1) is 0 Å². The first kappa shape index (κ1) is 18.4. The quantitative estimate of drug-likeness (QED) is 0.520. The molecule has 0 radical (unpaired) electrons. The second-order valence-corrected chi connectivity index (χ2v) is 6.51. The van der Waals surface area contributed by atoms with Gasteiger partial charge in [0.05, 0.1) is 27.8 Å². The van der Waals surface area contributed by atoms with Crippen LogP contribution in [-0.4, -0.2) is 29.9 Å². The molecule has 26 heavy (non-hydrogen) atoms. The molecule has 2 aromatic carbocycles. The molecule has 3 rings (SSSR count). The number of carbonyl (C=O) groups excluding carboxylic acids is 2. The number of hydrogen-bond donors (Lipinski definition) is 0. The molecule has 2 amide bonds. The van der Waals surface area contributed by atoms with Gasteiger partial charge in [0, 0.05) is 6.54 Å². The maximum Gasteiger partial charge on any atom is 0.416 e. The molecule has 0 saturated heterocycles. The van der Waals surface area contributed by atoms with E-state index in [1.165, 1.54) is 6.07 Å². The summed E-state index contributed by atoms with van der Waals surface area (Å²) in [5.74, 6) is -0.428. The Morgan fingerprint density at radius 1 is 1.00 bits per heavy atom. The summed E-state index contributed by atoms with van der Waals surface area (Å²) in [6.45, 7) is 0.321. The molecule has 4 nitrogen and oxygen atoms in total. The van der Waals surface area contributed by atoms with Gasteiger partial charge in [-0.3, -0.25) is 14.5 Å². The number of ether oxygens (including phenoxy) is 1. The van der Waals surface area contributed by atoms with Crippen LogP contribution in [0.25, 0.3) is 0 Å². The van der Waals surface area contributed by atoms with Crippen molar-refractivity contribution in [2.45, 2.75) is 12.6 Å². The predicted molar refractivity (Wildman–Crippen MR) is 91.1 cm³/mol. The highest BCUT2D eigenvalue weighted by Gasteiger charge is 2.34. The van der Waals surface area contributed by atoms with E-state index >= 15 is 0 Å². The van der Waals surface area contributed by atoms with E-state index in [0.717, 1.165) is 17.0 Å². The molecule has 0 spiro atoms. The Labute approximate surface area is 155 Å². The number of alkyl halides is 3. The third-order valence-electron chi connectivity index (χ3n) is 3.92. The predicted octanol–water partition coefficient (Wildman–Crippen LogP) is 4.53. The van der Waals surface area contributed by atoms with Crippen molar-refractivity contribution in [1.29, 1.82) is 0 Å². The first-order chi connectivity index (χ1) is 12.3. The van der Waals surface area contributed by atoms with Crippen molar-refractivity contribution in [2.24, 2.45) is 0 Å². The largest absolute Gasteiger partial charge is 0.492 e. The first-order valence-electron chi connectivity index (χ1n) is 7.74. The molecule has 8 heteroatoms. The van der Waals surface area contributed by atoms with Gasteiger partial charge in [-0.1, -0.05) is 12.1 Å². The van der Waals surface area contributed by atoms with Crippen molar-refractivity contribution in [2.75, 3.05) is 13.2 Å². The Morgan fingerprint density at radius 2 is 1.62 bits per heavy atom. The Kier molecular flexibility index (Phi) is 5.04. The van der Waals surface area contributed by atoms with E-state index in [0.29, 0.717) is 17.5 Å². The Balaban J connectivity index is 1.56. The number of fused-ring (bicyclic) bond motifs is 1. The second-order valence-electron chi connectivity index (χ2n) is 5.65. The summed E-state index contributed by atoms with van der Waals surface area (Å²) in [5.41, 5.74) is -0.0180. The summed E-state index contributed by atoms with van der Waals surface area (Å²) < 4.78 is 43.5. The zero-order chi connectivity index (χ0) is 18.9. The highest BCUT2D eigenvalue weighted by atomic mass is 79.9. The summed E-state index contributed by atoms with van der Waals surface area (Å²) in [6, 6.07) is 9.70. The monoisotopic (exact) mass is 427 g/mol. The molecule has 0 atom stereocenters. The molecule has 0 aromatic heterocycles. The van der Waals surface area contributed by atoms with Crippen LogP contribution < -0.4 is 4.74 Å². The lowest BCUT2D eigenvalue weighted by Crippen LogP contribution is -2.31. The van der Waals surface area contributed by atoms with E-state index in [4.69, 9.17) is 4.74 Å². The van der Waals surface area contributed by atoms with E-state index in [2.05, 4.69) is 15.9 Å². The minimum absolute atomic E-state index is 0.150. The highest BCUT2D eigenvalue weighted by molar-refractivity contribution is 9.10. The lowest BCUT2D eigenvalue weighted by atomic mass is 10.1. The van der Waals surface area contributed by atoms with Crippen molar-refractivity contribution < 1.29 is 27.5 Å². The molecule has 0 N–H and O–H groups in total.